The van der Waals surface area contributed by atoms with Gasteiger partial charge < -0.3 is 18.9 Å². The van der Waals surface area contributed by atoms with E-state index in [0.717, 1.165) is 69.8 Å². The number of rotatable bonds is 5. The van der Waals surface area contributed by atoms with Crippen LogP contribution in [0.4, 0.5) is 10.1 Å². The van der Waals surface area contributed by atoms with Crippen LogP contribution in [0.3, 0.4) is 0 Å². The molecular formula is C31H26FNO9S3. The predicted molar refractivity (Wildman–Crippen MR) is 168 cm³/mol. The summed E-state index contributed by atoms with van der Waals surface area (Å²) in [7, 11) is 4.58. The van der Waals surface area contributed by atoms with Crippen molar-refractivity contribution < 1.29 is 47.3 Å². The summed E-state index contributed by atoms with van der Waals surface area (Å²) >= 11 is 2.59. The standard InChI is InChI=1S/C31H26FNO9S3/c1-30(2)24-19(17-12-7-8-13-18(17)33(30)25(34)15-10-9-11-16(32)14-15)31(20(26(35)39-3)21(43-24)27(36)40-4)44-22(28(37)41-5)23(45-31)29(38)42-6/h7-14H,1-6H3. The number of methoxy groups -OCH3 is 4. The first kappa shape index (κ1) is 32.4. The molecular weight excluding hydrogens is 646 g/mol. The molecule has 0 fully saturated rings. The van der Waals surface area contributed by atoms with E-state index in [9.17, 15) is 28.4 Å². The van der Waals surface area contributed by atoms with Crippen molar-refractivity contribution in [2.75, 3.05) is 33.3 Å². The molecule has 10 nitrogen and oxygen atoms in total. The van der Waals surface area contributed by atoms with Crippen LogP contribution in [0, 0.1) is 5.82 Å². The first-order valence-corrected chi connectivity index (χ1v) is 15.7. The summed E-state index contributed by atoms with van der Waals surface area (Å²) in [4.78, 5) is 69.0. The number of fused-ring (bicyclic) bond motifs is 3. The second kappa shape index (κ2) is 12.1. The van der Waals surface area contributed by atoms with Gasteiger partial charge >= 0.3 is 23.9 Å². The van der Waals surface area contributed by atoms with Crippen LogP contribution in [0.15, 0.2) is 73.7 Å². The van der Waals surface area contributed by atoms with Crippen molar-refractivity contribution in [2.24, 2.45) is 0 Å². The zero-order valence-corrected chi connectivity index (χ0v) is 27.3. The molecule has 0 aliphatic carbocycles. The third kappa shape index (κ3) is 5.04. The minimum atomic E-state index is -1.69. The molecule has 3 heterocycles. The fraction of sp³-hybridized carbons (Fsp3) is 0.258. The van der Waals surface area contributed by atoms with Gasteiger partial charge in [0.25, 0.3) is 5.91 Å². The van der Waals surface area contributed by atoms with Gasteiger partial charge in [0.05, 0.1) is 45.2 Å². The van der Waals surface area contributed by atoms with E-state index >= 15 is 0 Å². The molecule has 1 spiro atoms. The van der Waals surface area contributed by atoms with Crippen LogP contribution in [-0.2, 0) is 38.1 Å². The van der Waals surface area contributed by atoms with Crippen molar-refractivity contribution >= 4 is 76.3 Å². The van der Waals surface area contributed by atoms with Crippen LogP contribution in [-0.4, -0.2) is 67.8 Å². The number of hydrogen-bond acceptors (Lipinski definition) is 12. The summed E-state index contributed by atoms with van der Waals surface area (Å²) in [6.45, 7) is 3.49. The first-order valence-electron chi connectivity index (χ1n) is 13.2. The molecule has 3 aliphatic heterocycles. The minimum absolute atomic E-state index is 0.0867. The largest absolute Gasteiger partial charge is 0.466 e. The van der Waals surface area contributed by atoms with Gasteiger partial charge in [-0.3, -0.25) is 9.69 Å². The molecule has 45 heavy (non-hydrogen) atoms. The molecule has 2 aromatic rings. The Balaban J connectivity index is 1.87. The Hall–Kier alpha value is -4.01. The van der Waals surface area contributed by atoms with E-state index in [2.05, 4.69) is 0 Å². The van der Waals surface area contributed by atoms with Crippen LogP contribution in [0.1, 0.15) is 29.8 Å². The van der Waals surface area contributed by atoms with Crippen molar-refractivity contribution in [1.29, 1.82) is 0 Å². The average molecular weight is 672 g/mol. The highest BCUT2D eigenvalue weighted by atomic mass is 32.2. The second-order valence-corrected chi connectivity index (χ2v) is 13.9. The monoisotopic (exact) mass is 671 g/mol. The molecule has 5 rings (SSSR count). The number of para-hydroxylation sites is 1. The number of benzene rings is 2. The molecule has 0 aromatic heterocycles. The fourth-order valence-corrected chi connectivity index (χ4v) is 10.4. The van der Waals surface area contributed by atoms with E-state index in [1.54, 1.807) is 38.1 Å². The second-order valence-electron chi connectivity index (χ2n) is 10.2. The molecule has 14 heteroatoms. The number of carbonyl (C=O) groups excluding carboxylic acids is 5. The third-order valence-electron chi connectivity index (χ3n) is 7.32. The Kier molecular flexibility index (Phi) is 8.68. The molecule has 0 bridgehead atoms. The maximum absolute atomic E-state index is 14.3. The van der Waals surface area contributed by atoms with Gasteiger partial charge in [-0.25, -0.2) is 23.6 Å². The number of amides is 1. The lowest BCUT2D eigenvalue weighted by Gasteiger charge is -2.50. The molecule has 0 saturated heterocycles. The zero-order valence-electron chi connectivity index (χ0n) is 24.8. The van der Waals surface area contributed by atoms with Gasteiger partial charge in [-0.1, -0.05) is 59.6 Å². The van der Waals surface area contributed by atoms with E-state index < -0.39 is 45.2 Å². The zero-order chi connectivity index (χ0) is 32.8. The van der Waals surface area contributed by atoms with Gasteiger partial charge in [-0.15, -0.1) is 0 Å². The van der Waals surface area contributed by atoms with E-state index in [4.69, 9.17) is 18.9 Å². The van der Waals surface area contributed by atoms with Crippen LogP contribution in [0.25, 0.3) is 5.57 Å². The molecule has 0 radical (unpaired) electrons. The molecule has 234 valence electrons. The summed E-state index contributed by atoms with van der Waals surface area (Å²) in [5, 5.41) is 0. The SMILES string of the molecule is COC(=O)C1=C(C(=O)OC)SC2(S1)C(C(=O)OC)=C(C(=O)OC)SC1=C2c2ccccc2N(C(=O)c2cccc(F)c2)C1(C)C. The molecule has 0 unspecified atom stereocenters. The van der Waals surface area contributed by atoms with Gasteiger partial charge in [0, 0.05) is 21.6 Å². The van der Waals surface area contributed by atoms with Crippen LogP contribution in [0.5, 0.6) is 0 Å². The average Bonchev–Trinajstić information content (AvgIpc) is 3.43. The number of thioether (sulfide) groups is 3. The summed E-state index contributed by atoms with van der Waals surface area (Å²) in [5.74, 6) is -4.62. The molecule has 0 N–H and O–H groups in total. The maximum Gasteiger partial charge on any atom is 0.345 e. The normalized spacial score (nSPS) is 17.9. The van der Waals surface area contributed by atoms with E-state index in [1.165, 1.54) is 23.1 Å². The molecule has 2 aromatic carbocycles. The number of carbonyl (C=O) groups is 5. The topological polar surface area (TPSA) is 126 Å². The summed E-state index contributed by atoms with van der Waals surface area (Å²) in [6, 6.07) is 12.2. The van der Waals surface area contributed by atoms with Crippen LogP contribution in [0.2, 0.25) is 0 Å². The maximum atomic E-state index is 14.3. The van der Waals surface area contributed by atoms with E-state index in [-0.39, 0.29) is 25.9 Å². The lowest BCUT2D eigenvalue weighted by Crippen LogP contribution is -2.53. The van der Waals surface area contributed by atoms with Crippen LogP contribution >= 0.6 is 35.3 Å². The Morgan fingerprint density at radius 3 is 1.84 bits per heavy atom. The minimum Gasteiger partial charge on any atom is -0.466 e. The molecule has 0 saturated carbocycles. The molecule has 3 aliphatic rings. The highest BCUT2D eigenvalue weighted by Gasteiger charge is 2.61. The highest BCUT2D eigenvalue weighted by molar-refractivity contribution is 8.26. The van der Waals surface area contributed by atoms with E-state index in [0.29, 0.717) is 21.7 Å². The van der Waals surface area contributed by atoms with Crippen molar-refractivity contribution in [2.45, 2.75) is 23.5 Å². The van der Waals surface area contributed by atoms with Gasteiger partial charge in [0.15, 0.2) is 0 Å². The van der Waals surface area contributed by atoms with Gasteiger partial charge in [-0.2, -0.15) is 0 Å². The number of halogens is 1. The quantitative estimate of drug-likeness (QED) is 0.312. The number of anilines is 1. The number of esters is 4. The Morgan fingerprint density at radius 2 is 1.29 bits per heavy atom. The lowest BCUT2D eigenvalue weighted by molar-refractivity contribution is -0.138. The summed E-state index contributed by atoms with van der Waals surface area (Å²) in [5.41, 5.74) is -0.0141. The molecule has 0 atom stereocenters. The smallest absolute Gasteiger partial charge is 0.345 e. The van der Waals surface area contributed by atoms with Gasteiger partial charge in [0.2, 0.25) is 0 Å². The Labute approximate surface area is 270 Å². The summed E-state index contributed by atoms with van der Waals surface area (Å²) in [6.07, 6.45) is 0. The third-order valence-corrected chi connectivity index (χ3v) is 12.0. The lowest BCUT2D eigenvalue weighted by atomic mass is 9.83. The van der Waals surface area contributed by atoms with Crippen molar-refractivity contribution in [3.63, 3.8) is 0 Å². The van der Waals surface area contributed by atoms with Crippen molar-refractivity contribution in [1.82, 2.24) is 0 Å². The Morgan fingerprint density at radius 1 is 0.733 bits per heavy atom. The van der Waals surface area contributed by atoms with Crippen molar-refractivity contribution in [3.05, 3.63) is 90.7 Å². The number of hydrogen-bond donors (Lipinski definition) is 0. The first-order chi connectivity index (χ1) is 21.4. The number of nitrogens with zero attached hydrogens (tertiary/aromatic N) is 1. The van der Waals surface area contributed by atoms with Gasteiger partial charge in [-0.05, 0) is 38.1 Å². The van der Waals surface area contributed by atoms with Gasteiger partial charge in [0.1, 0.15) is 24.6 Å². The molecule has 1 amide bonds. The number of ether oxygens (including phenoxy) is 4. The predicted octanol–water partition coefficient (Wildman–Crippen LogP) is 5.06. The van der Waals surface area contributed by atoms with Crippen LogP contribution < -0.4 is 4.90 Å². The summed E-state index contributed by atoms with van der Waals surface area (Å²) < 4.78 is 32.9. The fourth-order valence-electron chi connectivity index (χ4n) is 5.38. The van der Waals surface area contributed by atoms with Crippen molar-refractivity contribution in [3.8, 4) is 0 Å². The Bertz CT molecular complexity index is 1750. The van der Waals surface area contributed by atoms with E-state index in [1.807, 2.05) is 0 Å². The highest BCUT2D eigenvalue weighted by Crippen LogP contribution is 2.71.